The molecule has 1 fully saturated rings. The van der Waals surface area contributed by atoms with Crippen molar-refractivity contribution in [1.82, 2.24) is 34.7 Å². The zero-order chi connectivity index (χ0) is 30.1. The largest absolute Gasteiger partial charge is 0.480 e. The molecule has 13 heteroatoms. The summed E-state index contributed by atoms with van der Waals surface area (Å²) >= 11 is 0. The predicted octanol–water partition coefficient (Wildman–Crippen LogP) is 2.11. The van der Waals surface area contributed by atoms with Gasteiger partial charge in [0.05, 0.1) is 29.5 Å². The molecule has 1 saturated heterocycles. The van der Waals surface area contributed by atoms with Crippen molar-refractivity contribution in [3.8, 4) is 11.1 Å². The number of fused-ring (bicyclic) bond motifs is 2. The van der Waals surface area contributed by atoms with Crippen LogP contribution < -0.4 is 5.32 Å². The molecule has 0 saturated carbocycles. The molecule has 0 bridgehead atoms. The molecule has 1 aliphatic rings. The van der Waals surface area contributed by atoms with E-state index in [4.69, 9.17) is 10.2 Å². The van der Waals surface area contributed by atoms with Gasteiger partial charge < -0.3 is 20.2 Å². The fraction of sp³-hybridized carbons (Fsp3) is 0.379. The number of carboxylic acid groups (broad SMARTS) is 1. The summed E-state index contributed by atoms with van der Waals surface area (Å²) in [4.78, 5) is 50.9. The van der Waals surface area contributed by atoms with Gasteiger partial charge >= 0.3 is 5.97 Å². The fourth-order valence-corrected chi connectivity index (χ4v) is 5.52. The number of carbonyl (C=O) groups excluding carboxylic acids is 3. The molecule has 12 nitrogen and oxygen atoms in total. The highest BCUT2D eigenvalue weighted by atomic mass is 19.1. The van der Waals surface area contributed by atoms with Crippen molar-refractivity contribution in [2.75, 3.05) is 33.2 Å². The number of nitrogens with one attached hydrogen (secondary N) is 1. The number of likely N-dealkylation sites (N-methyl/N-ethyl adjacent to an activating group) is 1. The van der Waals surface area contributed by atoms with Crippen LogP contribution in [0.2, 0.25) is 0 Å². The van der Waals surface area contributed by atoms with Crippen LogP contribution in [0.15, 0.2) is 36.5 Å². The molecular formula is C29H32FN7O5. The van der Waals surface area contributed by atoms with E-state index in [0.717, 1.165) is 16.6 Å². The Labute approximate surface area is 240 Å². The molecule has 220 valence electrons. The summed E-state index contributed by atoms with van der Waals surface area (Å²) < 4.78 is 18.8. The molecule has 2 N–H and O–H groups in total. The quantitative estimate of drug-likeness (QED) is 0.327. The Morgan fingerprint density at radius 1 is 1.12 bits per heavy atom. The number of likely N-dealkylation sites (tertiary alicyclic amines) is 1. The Hall–Kier alpha value is -4.81. The van der Waals surface area contributed by atoms with Crippen molar-refractivity contribution in [3.63, 3.8) is 0 Å². The van der Waals surface area contributed by atoms with E-state index in [2.05, 4.69) is 10.4 Å². The number of aliphatic carboxylic acids is 1. The standard InChI is InChI=1S/C29H32FN7O5/c1-17(38)36-9-7-18(8-10-36)29-28-20(21-12-24-19(11-22(21)30)13-32-35(24)3)5-4-6-23(28)37(33-29)16-26(40)34(2)15-25(39)31-14-27(41)42/h4-6,11-13,18H,7-10,14-16H2,1-3H3,(H,31,39)(H,41,42). The number of aryl methyl sites for hydroxylation is 1. The highest BCUT2D eigenvalue weighted by molar-refractivity contribution is 6.00. The van der Waals surface area contributed by atoms with Gasteiger partial charge in [-0.1, -0.05) is 12.1 Å². The van der Waals surface area contributed by atoms with Crippen LogP contribution in [0.5, 0.6) is 0 Å². The van der Waals surface area contributed by atoms with Crippen LogP contribution in [-0.2, 0) is 32.8 Å². The summed E-state index contributed by atoms with van der Waals surface area (Å²) in [5.41, 5.74) is 3.15. The number of aromatic nitrogens is 4. The molecule has 2 aromatic carbocycles. The first-order chi connectivity index (χ1) is 20.0. The van der Waals surface area contributed by atoms with E-state index in [1.54, 1.807) is 46.6 Å². The van der Waals surface area contributed by atoms with E-state index in [1.807, 2.05) is 12.1 Å². The van der Waals surface area contributed by atoms with E-state index in [1.165, 1.54) is 18.0 Å². The third kappa shape index (κ3) is 5.67. The minimum absolute atomic E-state index is 0.0112. The molecule has 0 aliphatic carbocycles. The van der Waals surface area contributed by atoms with Crippen LogP contribution in [0, 0.1) is 5.82 Å². The second-order valence-electron chi connectivity index (χ2n) is 10.6. The summed E-state index contributed by atoms with van der Waals surface area (Å²) in [6, 6.07) is 8.68. The summed E-state index contributed by atoms with van der Waals surface area (Å²) in [6.45, 7) is 1.64. The number of halogens is 1. The first kappa shape index (κ1) is 28.7. The van der Waals surface area contributed by atoms with Crippen LogP contribution in [-0.4, -0.2) is 91.4 Å². The summed E-state index contributed by atoms with van der Waals surface area (Å²) in [7, 11) is 3.25. The number of nitrogens with zero attached hydrogens (tertiary/aromatic N) is 6. The van der Waals surface area contributed by atoms with Crippen LogP contribution in [0.3, 0.4) is 0 Å². The lowest BCUT2D eigenvalue weighted by atomic mass is 9.89. The SMILES string of the molecule is CC(=O)N1CCC(c2nn(CC(=O)N(C)CC(=O)NCC(=O)O)c3cccc(-c4cc5c(cnn5C)cc4F)c23)CC1. The van der Waals surface area contributed by atoms with Gasteiger partial charge in [-0.2, -0.15) is 10.2 Å². The maximum absolute atomic E-state index is 15.6. The van der Waals surface area contributed by atoms with Crippen molar-refractivity contribution in [3.05, 3.63) is 48.0 Å². The molecule has 3 amide bonds. The molecule has 0 spiro atoms. The molecule has 4 aromatic rings. The van der Waals surface area contributed by atoms with Gasteiger partial charge in [-0.05, 0) is 36.6 Å². The van der Waals surface area contributed by atoms with Crippen LogP contribution >= 0.6 is 0 Å². The van der Waals surface area contributed by atoms with Gasteiger partial charge in [-0.15, -0.1) is 0 Å². The van der Waals surface area contributed by atoms with E-state index in [0.29, 0.717) is 48.0 Å². The topological polar surface area (TPSA) is 143 Å². The van der Waals surface area contributed by atoms with Gasteiger partial charge in [0.1, 0.15) is 18.9 Å². The summed E-state index contributed by atoms with van der Waals surface area (Å²) in [5.74, 6) is -2.61. The average molecular weight is 578 g/mol. The maximum atomic E-state index is 15.6. The Bertz CT molecular complexity index is 1700. The van der Waals surface area contributed by atoms with Gasteiger partial charge in [-0.25, -0.2) is 4.39 Å². The fourth-order valence-electron chi connectivity index (χ4n) is 5.52. The van der Waals surface area contributed by atoms with Gasteiger partial charge in [-0.3, -0.25) is 28.5 Å². The van der Waals surface area contributed by atoms with E-state index in [9.17, 15) is 19.2 Å². The number of hydrogen-bond donors (Lipinski definition) is 2. The normalized spacial score (nSPS) is 14.0. The smallest absolute Gasteiger partial charge is 0.322 e. The lowest BCUT2D eigenvalue weighted by Gasteiger charge is -2.30. The number of carboxylic acids is 1. The first-order valence-corrected chi connectivity index (χ1v) is 13.6. The molecule has 3 heterocycles. The van der Waals surface area contributed by atoms with Gasteiger partial charge in [0.25, 0.3) is 0 Å². The van der Waals surface area contributed by atoms with Crippen molar-refractivity contribution < 1.29 is 28.7 Å². The van der Waals surface area contributed by atoms with Crippen molar-refractivity contribution in [2.45, 2.75) is 32.2 Å². The summed E-state index contributed by atoms with van der Waals surface area (Å²) in [5, 5.41) is 21.5. The molecular weight excluding hydrogens is 545 g/mol. The molecule has 42 heavy (non-hydrogen) atoms. The molecule has 1 aliphatic heterocycles. The molecule has 0 unspecified atom stereocenters. The number of piperidine rings is 1. The number of hydrogen-bond acceptors (Lipinski definition) is 6. The Morgan fingerprint density at radius 3 is 2.55 bits per heavy atom. The average Bonchev–Trinajstić information content (AvgIpc) is 3.51. The van der Waals surface area contributed by atoms with E-state index >= 15 is 4.39 Å². The monoisotopic (exact) mass is 577 g/mol. The van der Waals surface area contributed by atoms with Gasteiger partial charge in [0.15, 0.2) is 0 Å². The lowest BCUT2D eigenvalue weighted by Crippen LogP contribution is -2.41. The number of benzene rings is 2. The molecule has 2 aromatic heterocycles. The van der Waals surface area contributed by atoms with Crippen LogP contribution in [0.1, 0.15) is 31.4 Å². The highest BCUT2D eigenvalue weighted by Gasteiger charge is 2.29. The Balaban J connectivity index is 1.54. The molecule has 5 rings (SSSR count). The minimum Gasteiger partial charge on any atom is -0.480 e. The zero-order valence-corrected chi connectivity index (χ0v) is 23.6. The Morgan fingerprint density at radius 2 is 1.86 bits per heavy atom. The zero-order valence-electron chi connectivity index (χ0n) is 23.6. The van der Waals surface area contributed by atoms with Gasteiger partial charge in [0, 0.05) is 56.4 Å². The van der Waals surface area contributed by atoms with E-state index < -0.39 is 30.1 Å². The summed E-state index contributed by atoms with van der Waals surface area (Å²) in [6.07, 6.45) is 2.95. The van der Waals surface area contributed by atoms with Gasteiger partial charge in [0.2, 0.25) is 17.7 Å². The lowest BCUT2D eigenvalue weighted by molar-refractivity contribution is -0.139. The number of rotatable bonds is 8. The molecule has 0 atom stereocenters. The Kier molecular flexibility index (Phi) is 7.92. The second kappa shape index (κ2) is 11.6. The number of carbonyl (C=O) groups is 4. The van der Waals surface area contributed by atoms with E-state index in [-0.39, 0.29) is 24.9 Å². The second-order valence-corrected chi connectivity index (χ2v) is 10.6. The molecule has 0 radical (unpaired) electrons. The van der Waals surface area contributed by atoms with Crippen molar-refractivity contribution >= 4 is 45.5 Å². The first-order valence-electron chi connectivity index (χ1n) is 13.6. The number of amides is 3. The maximum Gasteiger partial charge on any atom is 0.322 e. The van der Waals surface area contributed by atoms with Crippen molar-refractivity contribution in [2.24, 2.45) is 7.05 Å². The van der Waals surface area contributed by atoms with Crippen LogP contribution in [0.25, 0.3) is 32.9 Å². The predicted molar refractivity (Wildman–Crippen MR) is 152 cm³/mol. The third-order valence-electron chi connectivity index (χ3n) is 7.79. The third-order valence-corrected chi connectivity index (χ3v) is 7.79. The highest BCUT2D eigenvalue weighted by Crippen LogP contribution is 2.39. The van der Waals surface area contributed by atoms with Crippen molar-refractivity contribution in [1.29, 1.82) is 0 Å². The van der Waals surface area contributed by atoms with Crippen LogP contribution in [0.4, 0.5) is 4.39 Å². The minimum atomic E-state index is -1.18.